The molecule has 0 spiro atoms. The van der Waals surface area contributed by atoms with E-state index in [2.05, 4.69) is 10.3 Å². The van der Waals surface area contributed by atoms with Crippen molar-refractivity contribution >= 4 is 39.3 Å². The van der Waals surface area contributed by atoms with Gasteiger partial charge in [0.15, 0.2) is 0 Å². The summed E-state index contributed by atoms with van der Waals surface area (Å²) >= 11 is 1.35. The number of hydrogen-bond acceptors (Lipinski definition) is 6. The van der Waals surface area contributed by atoms with Crippen LogP contribution >= 0.6 is 11.8 Å². The van der Waals surface area contributed by atoms with Crippen molar-refractivity contribution in [3.05, 3.63) is 48.3 Å². The number of pyridine rings is 1. The molecule has 0 aliphatic carbocycles. The molecule has 2 amide bonds. The van der Waals surface area contributed by atoms with E-state index in [1.165, 1.54) is 27.0 Å². The van der Waals surface area contributed by atoms with Gasteiger partial charge < -0.3 is 10.2 Å². The number of nitrogens with one attached hydrogen (secondary N) is 1. The van der Waals surface area contributed by atoms with Crippen LogP contribution in [0.4, 0.5) is 5.69 Å². The standard InChI is InChI=1S/C20H22N4O4S2/c25-19(22-12-15-5-1-2-8-21-15)13-24-17-11-16(6-7-18(17)29-14-20(24)26)30(27,28)23-9-3-4-10-23/h1-2,5-8,11H,3-4,9-10,12-14H2,(H,22,25). The first-order chi connectivity index (χ1) is 14.4. The van der Waals surface area contributed by atoms with Crippen molar-refractivity contribution in [3.8, 4) is 0 Å². The Kier molecular flexibility index (Phi) is 6.07. The maximum atomic E-state index is 12.9. The first-order valence-electron chi connectivity index (χ1n) is 9.69. The van der Waals surface area contributed by atoms with E-state index in [0.717, 1.165) is 17.7 Å². The molecular formula is C20H22N4O4S2. The number of benzene rings is 1. The number of anilines is 1. The van der Waals surface area contributed by atoms with Crippen molar-refractivity contribution in [3.63, 3.8) is 0 Å². The minimum Gasteiger partial charge on any atom is -0.349 e. The smallest absolute Gasteiger partial charge is 0.243 e. The van der Waals surface area contributed by atoms with Crippen molar-refractivity contribution in [2.45, 2.75) is 29.2 Å². The number of aromatic nitrogens is 1. The van der Waals surface area contributed by atoms with Gasteiger partial charge in [-0.1, -0.05) is 6.07 Å². The van der Waals surface area contributed by atoms with Crippen molar-refractivity contribution in [2.24, 2.45) is 0 Å². The van der Waals surface area contributed by atoms with E-state index in [0.29, 0.717) is 24.5 Å². The Labute approximate surface area is 179 Å². The molecule has 2 aliphatic rings. The first-order valence-corrected chi connectivity index (χ1v) is 12.1. The number of carbonyl (C=O) groups excluding carboxylic acids is 2. The molecule has 1 N–H and O–H groups in total. The number of carbonyl (C=O) groups is 2. The lowest BCUT2D eigenvalue weighted by molar-refractivity contribution is -0.123. The highest BCUT2D eigenvalue weighted by Crippen LogP contribution is 2.37. The van der Waals surface area contributed by atoms with E-state index in [-0.39, 0.29) is 35.6 Å². The molecule has 0 unspecified atom stereocenters. The monoisotopic (exact) mass is 446 g/mol. The summed E-state index contributed by atoms with van der Waals surface area (Å²) in [7, 11) is -3.61. The molecular weight excluding hydrogens is 424 g/mol. The molecule has 2 aliphatic heterocycles. The van der Waals surface area contributed by atoms with E-state index in [4.69, 9.17) is 0 Å². The third-order valence-electron chi connectivity index (χ3n) is 5.07. The average molecular weight is 447 g/mol. The van der Waals surface area contributed by atoms with Crippen LogP contribution in [0.1, 0.15) is 18.5 Å². The first kappa shape index (κ1) is 20.8. The van der Waals surface area contributed by atoms with Crippen LogP contribution in [0.25, 0.3) is 0 Å². The number of thioether (sulfide) groups is 1. The topological polar surface area (TPSA) is 99.7 Å². The van der Waals surface area contributed by atoms with Crippen molar-refractivity contribution in [1.82, 2.24) is 14.6 Å². The second kappa shape index (κ2) is 8.75. The fraction of sp³-hybridized carbons (Fsp3) is 0.350. The highest BCUT2D eigenvalue weighted by Gasteiger charge is 2.31. The van der Waals surface area contributed by atoms with Crippen LogP contribution in [-0.4, -0.2) is 54.9 Å². The van der Waals surface area contributed by atoms with E-state index in [9.17, 15) is 18.0 Å². The number of fused-ring (bicyclic) bond motifs is 1. The van der Waals surface area contributed by atoms with Gasteiger partial charge in [0, 0.05) is 24.2 Å². The number of nitrogens with zero attached hydrogens (tertiary/aromatic N) is 3. The molecule has 1 aromatic carbocycles. The molecule has 0 atom stereocenters. The van der Waals surface area contributed by atoms with E-state index in [1.807, 2.05) is 6.07 Å². The van der Waals surface area contributed by atoms with Crippen molar-refractivity contribution in [1.29, 1.82) is 0 Å². The van der Waals surface area contributed by atoms with Gasteiger partial charge in [-0.25, -0.2) is 8.42 Å². The van der Waals surface area contributed by atoms with E-state index < -0.39 is 10.0 Å². The summed E-state index contributed by atoms with van der Waals surface area (Å²) in [4.78, 5) is 31.5. The van der Waals surface area contributed by atoms with Crippen LogP contribution in [0.3, 0.4) is 0 Å². The molecule has 1 fully saturated rings. The minimum absolute atomic E-state index is 0.150. The van der Waals surface area contributed by atoms with Gasteiger partial charge in [0.25, 0.3) is 0 Å². The highest BCUT2D eigenvalue weighted by atomic mass is 32.2. The minimum atomic E-state index is -3.61. The van der Waals surface area contributed by atoms with E-state index in [1.54, 1.807) is 30.5 Å². The number of hydrogen-bond donors (Lipinski definition) is 1. The molecule has 4 rings (SSSR count). The summed E-state index contributed by atoms with van der Waals surface area (Å²) in [6.45, 7) is 1.10. The van der Waals surface area contributed by atoms with Gasteiger partial charge in [-0.2, -0.15) is 4.31 Å². The van der Waals surface area contributed by atoms with Gasteiger partial charge in [-0.3, -0.25) is 14.6 Å². The highest BCUT2D eigenvalue weighted by molar-refractivity contribution is 8.00. The second-order valence-corrected chi connectivity index (χ2v) is 10.1. The van der Waals surface area contributed by atoms with Crippen molar-refractivity contribution in [2.75, 3.05) is 30.3 Å². The van der Waals surface area contributed by atoms with Gasteiger partial charge in [0.2, 0.25) is 21.8 Å². The zero-order chi connectivity index (χ0) is 21.1. The quantitative estimate of drug-likeness (QED) is 0.724. The molecule has 10 heteroatoms. The van der Waals surface area contributed by atoms with Gasteiger partial charge in [0.1, 0.15) is 6.54 Å². The normalized spacial score (nSPS) is 17.1. The maximum Gasteiger partial charge on any atom is 0.243 e. The van der Waals surface area contributed by atoms with Crippen LogP contribution in [-0.2, 0) is 26.2 Å². The fourth-order valence-corrected chi connectivity index (χ4v) is 5.94. The molecule has 3 heterocycles. The Morgan fingerprint density at radius 3 is 2.70 bits per heavy atom. The molecule has 158 valence electrons. The van der Waals surface area contributed by atoms with Crippen LogP contribution in [0.2, 0.25) is 0 Å². The second-order valence-electron chi connectivity index (χ2n) is 7.11. The predicted molar refractivity (Wildman–Crippen MR) is 114 cm³/mol. The third kappa shape index (κ3) is 4.35. The maximum absolute atomic E-state index is 12.9. The summed E-state index contributed by atoms with van der Waals surface area (Å²) in [5.41, 5.74) is 1.18. The van der Waals surface area contributed by atoms with E-state index >= 15 is 0 Å². The molecule has 0 bridgehead atoms. The number of sulfonamides is 1. The van der Waals surface area contributed by atoms with Gasteiger partial charge in [-0.15, -0.1) is 11.8 Å². The van der Waals surface area contributed by atoms with Gasteiger partial charge >= 0.3 is 0 Å². The van der Waals surface area contributed by atoms with Crippen LogP contribution in [0.5, 0.6) is 0 Å². The Morgan fingerprint density at radius 1 is 1.17 bits per heavy atom. The molecule has 0 saturated carbocycles. The zero-order valence-electron chi connectivity index (χ0n) is 16.3. The third-order valence-corrected chi connectivity index (χ3v) is 8.01. The summed E-state index contributed by atoms with van der Waals surface area (Å²) in [5, 5.41) is 2.76. The number of amides is 2. The molecule has 0 radical (unpaired) electrons. The largest absolute Gasteiger partial charge is 0.349 e. The lowest BCUT2D eigenvalue weighted by Crippen LogP contribution is -2.43. The lowest BCUT2D eigenvalue weighted by atomic mass is 10.2. The van der Waals surface area contributed by atoms with Crippen LogP contribution in [0, 0.1) is 0 Å². The SMILES string of the molecule is O=C(CN1C(=O)CSc2ccc(S(=O)(=O)N3CCCC3)cc21)NCc1ccccn1. The molecule has 30 heavy (non-hydrogen) atoms. The molecule has 1 saturated heterocycles. The number of rotatable bonds is 6. The summed E-state index contributed by atoms with van der Waals surface area (Å²) in [5.74, 6) is -0.352. The lowest BCUT2D eigenvalue weighted by Gasteiger charge is -2.29. The Bertz CT molecular complexity index is 1050. The van der Waals surface area contributed by atoms with Gasteiger partial charge in [0.05, 0.1) is 28.6 Å². The summed E-state index contributed by atoms with van der Waals surface area (Å²) < 4.78 is 27.3. The van der Waals surface area contributed by atoms with Crippen LogP contribution in [0.15, 0.2) is 52.4 Å². The molecule has 8 nitrogen and oxygen atoms in total. The Balaban J connectivity index is 1.53. The van der Waals surface area contributed by atoms with Gasteiger partial charge in [-0.05, 0) is 43.2 Å². The summed E-state index contributed by atoms with van der Waals surface area (Å²) in [6.07, 6.45) is 3.34. The average Bonchev–Trinajstić information content (AvgIpc) is 3.30. The van der Waals surface area contributed by atoms with Crippen molar-refractivity contribution < 1.29 is 18.0 Å². The molecule has 1 aromatic heterocycles. The predicted octanol–water partition coefficient (Wildman–Crippen LogP) is 1.62. The summed E-state index contributed by atoms with van der Waals surface area (Å²) in [6, 6.07) is 10.2. The van der Waals surface area contributed by atoms with Crippen LogP contribution < -0.4 is 10.2 Å². The Hall–Kier alpha value is -2.43. The fourth-order valence-electron chi connectivity index (χ4n) is 3.48. The Morgan fingerprint density at radius 2 is 1.97 bits per heavy atom. The molecule has 2 aromatic rings. The zero-order valence-corrected chi connectivity index (χ0v) is 17.9.